The third-order valence-corrected chi connectivity index (χ3v) is 3.25. The molecule has 2 N–H and O–H groups in total. The predicted octanol–water partition coefficient (Wildman–Crippen LogP) is -0.0446. The molecule has 5 heteroatoms. The molecular weight excluding hydrogens is 204 g/mol. The Balaban J connectivity index is 2.14. The van der Waals surface area contributed by atoms with E-state index in [2.05, 4.69) is 9.88 Å². The third-order valence-electron chi connectivity index (χ3n) is 3.25. The van der Waals surface area contributed by atoms with E-state index in [0.717, 1.165) is 32.5 Å². The summed E-state index contributed by atoms with van der Waals surface area (Å²) in [6, 6.07) is 0. The maximum atomic E-state index is 11.9. The Morgan fingerprint density at radius 1 is 1.50 bits per heavy atom. The summed E-state index contributed by atoms with van der Waals surface area (Å²) in [7, 11) is 1.75. The summed E-state index contributed by atoms with van der Waals surface area (Å²) in [4.78, 5) is 18.1. The SMILES string of the molecule is Cn1ccnc(N2CCC(CN)CC2)c1=O. The molecule has 88 valence electrons. The number of nitrogens with zero attached hydrogens (tertiary/aromatic N) is 3. The smallest absolute Gasteiger partial charge is 0.293 e. The zero-order valence-corrected chi connectivity index (χ0v) is 9.59. The van der Waals surface area contributed by atoms with Crippen LogP contribution in [-0.2, 0) is 7.05 Å². The number of rotatable bonds is 2. The van der Waals surface area contributed by atoms with Gasteiger partial charge in [0.05, 0.1) is 0 Å². The van der Waals surface area contributed by atoms with Gasteiger partial charge in [-0.1, -0.05) is 0 Å². The van der Waals surface area contributed by atoms with Gasteiger partial charge in [-0.3, -0.25) is 4.79 Å². The fourth-order valence-electron chi connectivity index (χ4n) is 2.08. The van der Waals surface area contributed by atoms with Gasteiger partial charge in [-0.25, -0.2) is 4.98 Å². The average molecular weight is 222 g/mol. The molecule has 5 nitrogen and oxygen atoms in total. The molecule has 1 aromatic rings. The van der Waals surface area contributed by atoms with Gasteiger partial charge >= 0.3 is 0 Å². The second-order valence-electron chi connectivity index (χ2n) is 4.33. The van der Waals surface area contributed by atoms with Crippen molar-refractivity contribution in [1.29, 1.82) is 0 Å². The van der Waals surface area contributed by atoms with Crippen LogP contribution in [0.4, 0.5) is 5.82 Å². The van der Waals surface area contributed by atoms with E-state index in [0.29, 0.717) is 11.7 Å². The molecule has 0 unspecified atom stereocenters. The summed E-state index contributed by atoms with van der Waals surface area (Å²) < 4.78 is 1.57. The maximum absolute atomic E-state index is 11.9. The van der Waals surface area contributed by atoms with Crippen LogP contribution in [0.3, 0.4) is 0 Å². The summed E-state index contributed by atoms with van der Waals surface area (Å²) >= 11 is 0. The normalized spacial score (nSPS) is 17.8. The van der Waals surface area contributed by atoms with E-state index in [1.165, 1.54) is 0 Å². The summed E-state index contributed by atoms with van der Waals surface area (Å²) in [5, 5.41) is 0. The van der Waals surface area contributed by atoms with E-state index in [1.54, 1.807) is 24.0 Å². The minimum Gasteiger partial charge on any atom is -0.352 e. The first kappa shape index (κ1) is 11.1. The molecule has 1 aliphatic rings. The number of aryl methyl sites for hydroxylation is 1. The number of piperidine rings is 1. The minimum absolute atomic E-state index is 0.0197. The quantitative estimate of drug-likeness (QED) is 0.762. The van der Waals surface area contributed by atoms with Crippen LogP contribution in [0.15, 0.2) is 17.2 Å². The van der Waals surface area contributed by atoms with Crippen LogP contribution in [0.25, 0.3) is 0 Å². The molecule has 0 aromatic carbocycles. The van der Waals surface area contributed by atoms with Crippen molar-refractivity contribution in [2.75, 3.05) is 24.5 Å². The number of hydrogen-bond donors (Lipinski definition) is 1. The number of nitrogens with two attached hydrogens (primary N) is 1. The molecule has 0 atom stereocenters. The van der Waals surface area contributed by atoms with Crippen molar-refractivity contribution in [3.8, 4) is 0 Å². The molecule has 0 bridgehead atoms. The van der Waals surface area contributed by atoms with Crippen LogP contribution in [0.1, 0.15) is 12.8 Å². The molecular formula is C11H18N4O. The highest BCUT2D eigenvalue weighted by Crippen LogP contribution is 2.18. The van der Waals surface area contributed by atoms with Gasteiger partial charge in [-0.05, 0) is 25.3 Å². The molecule has 2 heterocycles. The van der Waals surface area contributed by atoms with Gasteiger partial charge in [0.15, 0.2) is 5.82 Å². The Labute approximate surface area is 94.9 Å². The zero-order chi connectivity index (χ0) is 11.5. The average Bonchev–Trinajstić information content (AvgIpc) is 2.33. The third kappa shape index (κ3) is 2.09. The maximum Gasteiger partial charge on any atom is 0.293 e. The fraction of sp³-hybridized carbons (Fsp3) is 0.636. The zero-order valence-electron chi connectivity index (χ0n) is 9.59. The van der Waals surface area contributed by atoms with E-state index in [9.17, 15) is 4.79 Å². The molecule has 2 rings (SSSR count). The second kappa shape index (κ2) is 4.65. The van der Waals surface area contributed by atoms with Gasteiger partial charge in [-0.2, -0.15) is 0 Å². The lowest BCUT2D eigenvalue weighted by atomic mass is 9.97. The number of hydrogen-bond acceptors (Lipinski definition) is 4. The Kier molecular flexibility index (Phi) is 3.24. The summed E-state index contributed by atoms with van der Waals surface area (Å²) in [6.45, 7) is 2.51. The molecule has 0 saturated carbocycles. The lowest BCUT2D eigenvalue weighted by molar-refractivity contribution is 0.412. The van der Waals surface area contributed by atoms with Crippen LogP contribution in [0, 0.1) is 5.92 Å². The van der Waals surface area contributed by atoms with Crippen molar-refractivity contribution in [2.45, 2.75) is 12.8 Å². The summed E-state index contributed by atoms with van der Waals surface area (Å²) in [5.74, 6) is 1.17. The Hall–Kier alpha value is -1.36. The monoisotopic (exact) mass is 222 g/mol. The molecule has 0 aliphatic carbocycles. The molecule has 0 amide bonds. The van der Waals surface area contributed by atoms with Crippen LogP contribution in [0.5, 0.6) is 0 Å². The first-order valence-corrected chi connectivity index (χ1v) is 5.69. The van der Waals surface area contributed by atoms with Gasteiger partial charge in [0.2, 0.25) is 0 Å². The molecule has 16 heavy (non-hydrogen) atoms. The van der Waals surface area contributed by atoms with Crippen molar-refractivity contribution < 1.29 is 0 Å². The van der Waals surface area contributed by atoms with Crippen molar-refractivity contribution in [1.82, 2.24) is 9.55 Å². The lowest BCUT2D eigenvalue weighted by Gasteiger charge is -2.31. The fourth-order valence-corrected chi connectivity index (χ4v) is 2.08. The molecule has 1 aliphatic heterocycles. The molecule has 0 radical (unpaired) electrons. The van der Waals surface area contributed by atoms with Crippen LogP contribution in [0.2, 0.25) is 0 Å². The van der Waals surface area contributed by atoms with Gasteiger partial charge in [0, 0.05) is 32.5 Å². The molecule has 1 saturated heterocycles. The highest BCUT2D eigenvalue weighted by molar-refractivity contribution is 5.35. The Bertz CT molecular complexity index is 407. The van der Waals surface area contributed by atoms with Crippen LogP contribution >= 0.6 is 0 Å². The minimum atomic E-state index is -0.0197. The number of aromatic nitrogens is 2. The van der Waals surface area contributed by atoms with Crippen molar-refractivity contribution in [2.24, 2.45) is 18.7 Å². The predicted molar refractivity (Wildman–Crippen MR) is 63.5 cm³/mol. The van der Waals surface area contributed by atoms with Gasteiger partial charge in [-0.15, -0.1) is 0 Å². The van der Waals surface area contributed by atoms with Crippen molar-refractivity contribution in [3.63, 3.8) is 0 Å². The van der Waals surface area contributed by atoms with Crippen LogP contribution < -0.4 is 16.2 Å². The largest absolute Gasteiger partial charge is 0.352 e. The lowest BCUT2D eigenvalue weighted by Crippen LogP contribution is -2.40. The van der Waals surface area contributed by atoms with E-state index >= 15 is 0 Å². The number of anilines is 1. The highest BCUT2D eigenvalue weighted by atomic mass is 16.1. The van der Waals surface area contributed by atoms with E-state index < -0.39 is 0 Å². The molecule has 1 aromatic heterocycles. The summed E-state index contributed by atoms with van der Waals surface area (Å²) in [6.07, 6.45) is 5.46. The first-order valence-electron chi connectivity index (χ1n) is 5.69. The Morgan fingerprint density at radius 2 is 2.19 bits per heavy atom. The highest BCUT2D eigenvalue weighted by Gasteiger charge is 2.20. The van der Waals surface area contributed by atoms with E-state index in [-0.39, 0.29) is 5.56 Å². The van der Waals surface area contributed by atoms with Crippen LogP contribution in [-0.4, -0.2) is 29.2 Å². The van der Waals surface area contributed by atoms with Crippen molar-refractivity contribution >= 4 is 5.82 Å². The molecule has 0 spiro atoms. The second-order valence-corrected chi connectivity index (χ2v) is 4.33. The van der Waals surface area contributed by atoms with E-state index in [4.69, 9.17) is 5.73 Å². The standard InChI is InChI=1S/C11H18N4O/c1-14-7-4-13-10(11(14)16)15-5-2-9(8-12)3-6-15/h4,7,9H,2-3,5-6,8,12H2,1H3. The van der Waals surface area contributed by atoms with Gasteiger partial charge in [0.1, 0.15) is 0 Å². The van der Waals surface area contributed by atoms with Crippen molar-refractivity contribution in [3.05, 3.63) is 22.7 Å². The molecule has 1 fully saturated rings. The first-order chi connectivity index (χ1) is 7.72. The van der Waals surface area contributed by atoms with Gasteiger partial charge < -0.3 is 15.2 Å². The van der Waals surface area contributed by atoms with Gasteiger partial charge in [0.25, 0.3) is 5.56 Å². The topological polar surface area (TPSA) is 64.2 Å². The Morgan fingerprint density at radius 3 is 2.81 bits per heavy atom. The summed E-state index contributed by atoms with van der Waals surface area (Å²) in [5.41, 5.74) is 5.62. The van der Waals surface area contributed by atoms with E-state index in [1.807, 2.05) is 0 Å².